The monoisotopic (exact) mass is 1720 g/mol. The summed E-state index contributed by atoms with van der Waals surface area (Å²) in [6, 6.07) is 0.295. The van der Waals surface area contributed by atoms with Crippen molar-refractivity contribution in [1.82, 2.24) is 5.32 Å². The zero-order chi connectivity index (χ0) is 89.7. The van der Waals surface area contributed by atoms with Crippen LogP contribution < -0.4 is 5.32 Å². The molecule has 116 heavy (non-hydrogen) atoms. The van der Waals surface area contributed by atoms with Crippen LogP contribution in [0.15, 0.2) is 0 Å². The van der Waals surface area contributed by atoms with E-state index in [2.05, 4.69) is 39.9 Å². The first-order valence-electron chi connectivity index (χ1n) is 43.4. The van der Waals surface area contributed by atoms with Crippen LogP contribution in [0.25, 0.3) is 0 Å². The molecule has 696 valence electrons. The van der Waals surface area contributed by atoms with Crippen molar-refractivity contribution < 1.29 is 129 Å². The fourth-order valence-corrected chi connectivity index (χ4v) is 17.4. The molecular formula is C86H171F2NO25S2. The molecule has 0 bridgehead atoms. The molecule has 0 aromatic carbocycles. The average molecular weight is 1720 g/mol. The van der Waals surface area contributed by atoms with Crippen LogP contribution in [-0.2, 0) is 85.6 Å². The molecule has 7 aliphatic rings. The lowest BCUT2D eigenvalue weighted by molar-refractivity contribution is -0.225. The zero-order valence-corrected chi connectivity index (χ0v) is 79.6. The standard InChI is InChI=1S/2C13H26O3.2C12H23FO4.C12H25NO3.C12H24O5S.C12H24O3S/c1-8(2)15-7-11-6-10(5)12(14)13(11)16-9(3)4;1-8(2)6-7-11-13(15-9(3)4)12(14)10(5)16-11;1-7(2)15-6-9-10(16-8(3)4)11(14)12(5,13)17-9;1-7(2)15-6-12(13)11(16-8(3)4)10(14)9(5)17-12;1-7(2)13-11-10(6-15-8(3)4)16-9(5)12(11)14;1-7(2)16-6-10-12(17-8(3)4)11(13)9(5)18(10,14)15;1-7(2)14-6-10-12(15-8(3)4)11(13)9(5)16-10/h2*8-14H,6-7H2,1-5H3;2*7-11,14H,6H2,1-5H3;7-14H,6H2,1-5H3;7-13H,6H2,1-5H3;7-13H,6H2,1-5H3/t10-,11-,12-,13?;10-,11+,12+,13?;9-,10?,11+,12+;2*9-,10+,11?,12+;2*9-,10+,11+,12?/m1010000/s1. The minimum absolute atomic E-state index is 0.0295. The molecule has 1 saturated carbocycles. The van der Waals surface area contributed by atoms with Gasteiger partial charge in [-0.25, -0.2) is 17.2 Å². The van der Waals surface area contributed by atoms with Crippen molar-refractivity contribution in [3.8, 4) is 0 Å². The van der Waals surface area contributed by atoms with Crippen molar-refractivity contribution in [2.45, 2.75) is 496 Å². The third kappa shape index (κ3) is 39.8. The highest BCUT2D eigenvalue weighted by Crippen LogP contribution is 2.40. The number of sulfone groups is 1. The van der Waals surface area contributed by atoms with Gasteiger partial charge in [0.2, 0.25) is 5.85 Å². The number of nitrogens with one attached hydrogen (secondary N) is 1. The van der Waals surface area contributed by atoms with Gasteiger partial charge in [-0.3, -0.25) is 0 Å². The normalized spacial score (nSPS) is 36.2. The quantitative estimate of drug-likeness (QED) is 0.0292. The van der Waals surface area contributed by atoms with Gasteiger partial charge in [0.25, 0.3) is 5.85 Å². The molecule has 7 fully saturated rings. The first kappa shape index (κ1) is 113. The summed E-state index contributed by atoms with van der Waals surface area (Å²) in [5.41, 5.74) is 0. The third-order valence-electron chi connectivity index (χ3n) is 19.9. The molecule has 0 aromatic rings. The number of ether oxygens (including phenoxy) is 16. The van der Waals surface area contributed by atoms with E-state index in [0.29, 0.717) is 43.6 Å². The van der Waals surface area contributed by atoms with Gasteiger partial charge in [-0.05, 0) is 232 Å². The van der Waals surface area contributed by atoms with E-state index >= 15 is 0 Å². The Morgan fingerprint density at radius 1 is 0.431 bits per heavy atom. The summed E-state index contributed by atoms with van der Waals surface area (Å²) in [5.74, 6) is -2.85. The Labute approximate surface area is 705 Å². The van der Waals surface area contributed by atoms with E-state index in [1.807, 2.05) is 173 Å². The van der Waals surface area contributed by atoms with Crippen LogP contribution in [0.1, 0.15) is 262 Å². The molecule has 0 spiro atoms. The molecule has 7 unspecified atom stereocenters. The van der Waals surface area contributed by atoms with Gasteiger partial charge in [-0.1, -0.05) is 41.5 Å². The van der Waals surface area contributed by atoms with Gasteiger partial charge in [-0.15, -0.1) is 11.8 Å². The van der Waals surface area contributed by atoms with Gasteiger partial charge in [0.15, 0.2) is 9.84 Å². The van der Waals surface area contributed by atoms with E-state index in [0.717, 1.165) is 19.3 Å². The van der Waals surface area contributed by atoms with Gasteiger partial charge in [0.1, 0.15) is 60.7 Å². The van der Waals surface area contributed by atoms with Crippen molar-refractivity contribution in [1.29, 1.82) is 0 Å². The van der Waals surface area contributed by atoms with Gasteiger partial charge < -0.3 is 117 Å². The lowest BCUT2D eigenvalue weighted by Crippen LogP contribution is -2.49. The molecule has 0 amide bonds. The van der Waals surface area contributed by atoms with E-state index in [9.17, 15) is 52.9 Å². The molecule has 0 aromatic heterocycles. The smallest absolute Gasteiger partial charge is 0.262 e. The van der Waals surface area contributed by atoms with Crippen LogP contribution in [-0.4, -0.2) is 318 Å². The number of thioether (sulfide) groups is 1. The van der Waals surface area contributed by atoms with Crippen molar-refractivity contribution in [2.24, 2.45) is 17.8 Å². The van der Waals surface area contributed by atoms with E-state index in [-0.39, 0.29) is 165 Å². The Kier molecular flexibility index (Phi) is 53.0. The second-order valence-electron chi connectivity index (χ2n) is 36.5. The second-order valence-corrected chi connectivity index (χ2v) is 40.7. The zero-order valence-electron chi connectivity index (χ0n) is 78.0. The maximum atomic E-state index is 14.6. The third-order valence-corrected chi connectivity index (χ3v) is 23.9. The molecule has 7 rings (SSSR count). The molecular weight excluding hydrogens is 1550 g/mol. The SMILES string of the molecule is CC(C)CC[C@H]1O[C@@H](C)[C@@H](O)C1OC(C)C.CC(C)NC1[C@@H](COC(C)C)O[C@@H](C)[C@H]1O.CC(C)OC[C@@H]1C(OC(C)C)[C@H](O)[C@H](C)S1(=O)=O.CC(C)OC[C@@]1(F)O[C@@H](C)[C@@H](O)C1OC(C)C.CC(C)OC[C@H]1C[C@@H](C)[C@@H](O)C1OC(C)C.CC(C)OC[C@H]1O[C@](C)(F)[C@@H](O)C1OC(C)C.CC(C)OC[C@H]1S[C@@H](C)[C@@H](O)C1OC(C)C. The number of aliphatic hydroxyl groups excluding tert-OH is 7. The van der Waals surface area contributed by atoms with E-state index in [4.69, 9.17) is 75.8 Å². The van der Waals surface area contributed by atoms with Crippen LogP contribution in [0.5, 0.6) is 0 Å². The summed E-state index contributed by atoms with van der Waals surface area (Å²) >= 11 is 1.77. The Morgan fingerprint density at radius 2 is 0.853 bits per heavy atom. The summed E-state index contributed by atoms with van der Waals surface area (Å²) in [6.45, 7) is 68.9. The molecule has 26 nitrogen and oxygen atoms in total. The predicted octanol–water partition coefficient (Wildman–Crippen LogP) is 11.6. The molecule has 30 heteroatoms. The number of aliphatic hydroxyl groups is 7. The highest BCUT2D eigenvalue weighted by Gasteiger charge is 2.57. The van der Waals surface area contributed by atoms with Crippen LogP contribution in [0.4, 0.5) is 8.78 Å². The van der Waals surface area contributed by atoms with Gasteiger partial charge >= 0.3 is 0 Å². The summed E-state index contributed by atoms with van der Waals surface area (Å²) in [5, 5.41) is 72.0. The van der Waals surface area contributed by atoms with Gasteiger partial charge in [0.05, 0.1) is 190 Å². The Bertz CT molecular complexity index is 2480. The highest BCUT2D eigenvalue weighted by molar-refractivity contribution is 8.00. The molecule has 6 saturated heterocycles. The van der Waals surface area contributed by atoms with E-state index < -0.39 is 93.1 Å². The number of hydrogen-bond acceptors (Lipinski definition) is 27. The summed E-state index contributed by atoms with van der Waals surface area (Å²) in [4.78, 5) is 0. The molecule has 6 heterocycles. The largest absolute Gasteiger partial charge is 0.390 e. The average Bonchev–Trinajstić information content (AvgIpc) is 1.64. The minimum Gasteiger partial charge on any atom is -0.390 e. The second kappa shape index (κ2) is 54.3. The molecule has 6 aliphatic heterocycles. The topological polar surface area (TPSA) is 335 Å². The molecule has 8 N–H and O–H groups in total. The molecule has 0 radical (unpaired) electrons. The van der Waals surface area contributed by atoms with Crippen LogP contribution in [0.3, 0.4) is 0 Å². The first-order chi connectivity index (χ1) is 53.3. The summed E-state index contributed by atoms with van der Waals surface area (Å²) in [6.07, 6.45) is -5.42. The fraction of sp³-hybridized carbons (Fsp3) is 1.00. The van der Waals surface area contributed by atoms with Crippen molar-refractivity contribution in [2.75, 3.05) is 39.6 Å². The van der Waals surface area contributed by atoms with Crippen LogP contribution in [0, 0.1) is 17.8 Å². The van der Waals surface area contributed by atoms with Crippen molar-refractivity contribution in [3.63, 3.8) is 0 Å². The number of halogens is 2. The lowest BCUT2D eigenvalue weighted by atomic mass is 10.00. The van der Waals surface area contributed by atoms with Crippen molar-refractivity contribution >= 4 is 21.6 Å². The van der Waals surface area contributed by atoms with Gasteiger partial charge in [0, 0.05) is 17.2 Å². The minimum atomic E-state index is -3.41. The molecule has 1 aliphatic carbocycles. The van der Waals surface area contributed by atoms with Crippen LogP contribution in [0.2, 0.25) is 0 Å². The van der Waals surface area contributed by atoms with E-state index in [1.54, 1.807) is 32.5 Å². The fourth-order valence-electron chi connectivity index (χ4n) is 14.0. The Hall–Kier alpha value is -0.800. The molecule has 28 atom stereocenters. The number of alkyl halides is 2. The van der Waals surface area contributed by atoms with E-state index in [1.165, 1.54) is 13.8 Å². The Balaban J connectivity index is 0.000000677. The lowest BCUT2D eigenvalue weighted by Gasteiger charge is -2.29. The van der Waals surface area contributed by atoms with Gasteiger partial charge in [-0.2, -0.15) is 0 Å². The maximum absolute atomic E-state index is 14.6. The maximum Gasteiger partial charge on any atom is 0.262 e. The number of rotatable bonds is 35. The summed E-state index contributed by atoms with van der Waals surface area (Å²) in [7, 11) is -3.41. The number of hydrogen-bond donors (Lipinski definition) is 8. The first-order valence-corrected chi connectivity index (χ1v) is 46.0. The summed E-state index contributed by atoms with van der Waals surface area (Å²) < 4.78 is 141. The Morgan fingerprint density at radius 3 is 1.33 bits per heavy atom. The highest BCUT2D eigenvalue weighted by atomic mass is 32.2. The van der Waals surface area contributed by atoms with Crippen molar-refractivity contribution in [3.05, 3.63) is 0 Å². The van der Waals surface area contributed by atoms with Crippen LogP contribution >= 0.6 is 11.8 Å². The predicted molar refractivity (Wildman–Crippen MR) is 452 cm³/mol.